The Hall–Kier alpha value is 0.350. The molecule has 0 radical (unpaired) electrons. The van der Waals surface area contributed by atoms with Gasteiger partial charge in [0.1, 0.15) is 0 Å². The Labute approximate surface area is 145 Å². The normalized spacial score (nSPS) is 32.6. The van der Waals surface area contributed by atoms with Crippen LogP contribution in [0.15, 0.2) is 4.99 Å². The van der Waals surface area contributed by atoms with Crippen LogP contribution in [0.3, 0.4) is 0 Å². The zero-order valence-electron chi connectivity index (χ0n) is 13.1. The first kappa shape index (κ1) is 18.4. The number of aliphatic imine (C=N–C) groups is 1. The van der Waals surface area contributed by atoms with Gasteiger partial charge in [0.05, 0.1) is 6.54 Å². The molecule has 5 heteroatoms. The van der Waals surface area contributed by atoms with E-state index >= 15 is 0 Å². The molecule has 1 saturated heterocycles. The van der Waals surface area contributed by atoms with Crippen molar-refractivity contribution in [3.63, 3.8) is 0 Å². The summed E-state index contributed by atoms with van der Waals surface area (Å²) in [5.74, 6) is 3.21. The Morgan fingerprint density at radius 2 is 2.20 bits per heavy atom. The molecule has 2 fully saturated rings. The summed E-state index contributed by atoms with van der Waals surface area (Å²) in [5, 5.41) is 6.98. The molecule has 118 valence electrons. The van der Waals surface area contributed by atoms with Crippen LogP contribution < -0.4 is 10.6 Å². The molecular formula is C15H30IN3S. The van der Waals surface area contributed by atoms with Gasteiger partial charge in [-0.1, -0.05) is 13.3 Å². The quantitative estimate of drug-likeness (QED) is 0.398. The van der Waals surface area contributed by atoms with Gasteiger partial charge in [0.2, 0.25) is 0 Å². The van der Waals surface area contributed by atoms with Crippen molar-refractivity contribution in [1.29, 1.82) is 0 Å². The lowest BCUT2D eigenvalue weighted by atomic mass is 10.1. The van der Waals surface area contributed by atoms with Crippen LogP contribution in [0.5, 0.6) is 0 Å². The van der Waals surface area contributed by atoms with Gasteiger partial charge in [-0.05, 0) is 51.2 Å². The van der Waals surface area contributed by atoms with E-state index in [-0.39, 0.29) is 24.0 Å². The number of rotatable bonds is 6. The van der Waals surface area contributed by atoms with Crippen LogP contribution >= 0.6 is 35.7 Å². The molecule has 3 unspecified atom stereocenters. The van der Waals surface area contributed by atoms with Gasteiger partial charge < -0.3 is 10.6 Å². The van der Waals surface area contributed by atoms with E-state index in [9.17, 15) is 0 Å². The second kappa shape index (κ2) is 8.71. The van der Waals surface area contributed by atoms with Crippen molar-refractivity contribution in [3.8, 4) is 0 Å². The third-order valence-electron chi connectivity index (χ3n) is 4.12. The number of thioether (sulfide) groups is 1. The van der Waals surface area contributed by atoms with Gasteiger partial charge in [-0.15, -0.1) is 24.0 Å². The maximum absolute atomic E-state index is 4.82. The topological polar surface area (TPSA) is 36.4 Å². The van der Waals surface area contributed by atoms with Crippen molar-refractivity contribution in [1.82, 2.24) is 10.6 Å². The highest BCUT2D eigenvalue weighted by Gasteiger charge is 2.36. The molecule has 1 aliphatic heterocycles. The number of nitrogens with one attached hydrogen (secondary N) is 2. The summed E-state index contributed by atoms with van der Waals surface area (Å²) in [6.45, 7) is 8.65. The van der Waals surface area contributed by atoms with Crippen molar-refractivity contribution in [2.45, 2.75) is 63.7 Å². The van der Waals surface area contributed by atoms with E-state index in [2.05, 4.69) is 43.2 Å². The molecule has 1 heterocycles. The molecule has 0 amide bonds. The molecule has 2 rings (SSSR count). The Morgan fingerprint density at radius 3 is 2.80 bits per heavy atom. The van der Waals surface area contributed by atoms with Gasteiger partial charge in [-0.2, -0.15) is 11.8 Å². The summed E-state index contributed by atoms with van der Waals surface area (Å²) < 4.78 is 0.370. The highest BCUT2D eigenvalue weighted by molar-refractivity contribution is 14.0. The lowest BCUT2D eigenvalue weighted by Crippen LogP contribution is -2.40. The summed E-state index contributed by atoms with van der Waals surface area (Å²) in [6, 6.07) is 0.668. The lowest BCUT2D eigenvalue weighted by molar-refractivity contribution is 0.611. The Kier molecular flexibility index (Phi) is 8.01. The second-order valence-corrected chi connectivity index (χ2v) is 7.81. The van der Waals surface area contributed by atoms with Crippen LogP contribution in [0.1, 0.15) is 52.9 Å². The Bertz CT molecular complexity index is 316. The minimum absolute atomic E-state index is 0. The highest BCUT2D eigenvalue weighted by Crippen LogP contribution is 2.38. The minimum atomic E-state index is 0. The van der Waals surface area contributed by atoms with E-state index in [0.29, 0.717) is 10.8 Å². The van der Waals surface area contributed by atoms with E-state index in [1.54, 1.807) is 0 Å². The van der Waals surface area contributed by atoms with Gasteiger partial charge in [-0.25, -0.2) is 0 Å². The fraction of sp³-hybridized carbons (Fsp3) is 0.933. The summed E-state index contributed by atoms with van der Waals surface area (Å²) >= 11 is 2.09. The molecule has 20 heavy (non-hydrogen) atoms. The van der Waals surface area contributed by atoms with Gasteiger partial charge in [-0.3, -0.25) is 4.99 Å². The van der Waals surface area contributed by atoms with Gasteiger partial charge >= 0.3 is 0 Å². The smallest absolute Gasteiger partial charge is 0.191 e. The first-order chi connectivity index (χ1) is 9.17. The van der Waals surface area contributed by atoms with Crippen LogP contribution in [-0.4, -0.2) is 35.6 Å². The summed E-state index contributed by atoms with van der Waals surface area (Å²) in [4.78, 5) is 4.82. The number of hydrogen-bond donors (Lipinski definition) is 2. The zero-order chi connectivity index (χ0) is 13.7. The molecule has 2 N–H and O–H groups in total. The minimum Gasteiger partial charge on any atom is -0.357 e. The first-order valence-corrected chi connectivity index (χ1v) is 8.84. The maximum Gasteiger partial charge on any atom is 0.191 e. The van der Waals surface area contributed by atoms with Crippen molar-refractivity contribution in [2.24, 2.45) is 10.9 Å². The van der Waals surface area contributed by atoms with E-state index in [0.717, 1.165) is 25.0 Å². The molecule has 0 bridgehead atoms. The molecule has 0 spiro atoms. The standard InChI is InChI=1S/C15H29N3S.HI/c1-4-7-12-10-13(12)18-14(16-5-2)17-11-15(3)8-6-9-19-15;/h12-13H,4-11H2,1-3H3,(H2,16,17,18);1H. The number of halogens is 1. The monoisotopic (exact) mass is 411 g/mol. The van der Waals surface area contributed by atoms with Crippen LogP contribution in [0.25, 0.3) is 0 Å². The molecular weight excluding hydrogens is 381 g/mol. The maximum atomic E-state index is 4.82. The molecule has 1 saturated carbocycles. The molecule has 2 aliphatic rings. The second-order valence-electron chi connectivity index (χ2n) is 6.13. The molecule has 0 aromatic heterocycles. The van der Waals surface area contributed by atoms with Crippen molar-refractivity contribution in [2.75, 3.05) is 18.8 Å². The number of hydrogen-bond acceptors (Lipinski definition) is 2. The predicted octanol–water partition coefficient (Wildman–Crippen LogP) is 3.63. The zero-order valence-corrected chi connectivity index (χ0v) is 16.2. The SMILES string of the molecule is CCCC1CC1NC(=NCC1(C)CCCS1)NCC.I. The average molecular weight is 411 g/mol. The van der Waals surface area contributed by atoms with Crippen LogP contribution in [0.4, 0.5) is 0 Å². The molecule has 1 aliphatic carbocycles. The molecule has 3 nitrogen and oxygen atoms in total. The third kappa shape index (κ3) is 5.62. The third-order valence-corrected chi connectivity index (χ3v) is 5.64. The van der Waals surface area contributed by atoms with E-state index < -0.39 is 0 Å². The van der Waals surface area contributed by atoms with Crippen LogP contribution in [-0.2, 0) is 0 Å². The fourth-order valence-electron chi connectivity index (χ4n) is 2.82. The summed E-state index contributed by atoms with van der Waals surface area (Å²) in [6.07, 6.45) is 6.63. The highest BCUT2D eigenvalue weighted by atomic mass is 127. The van der Waals surface area contributed by atoms with Gasteiger partial charge in [0, 0.05) is 17.3 Å². The summed E-state index contributed by atoms with van der Waals surface area (Å²) in [7, 11) is 0. The van der Waals surface area contributed by atoms with Crippen molar-refractivity contribution in [3.05, 3.63) is 0 Å². The van der Waals surface area contributed by atoms with Gasteiger partial charge in [0.15, 0.2) is 5.96 Å². The molecule has 0 aromatic carbocycles. The predicted molar refractivity (Wildman–Crippen MR) is 101 cm³/mol. The number of nitrogens with zero attached hydrogens (tertiary/aromatic N) is 1. The van der Waals surface area contributed by atoms with E-state index in [1.165, 1.54) is 37.9 Å². The van der Waals surface area contributed by atoms with Gasteiger partial charge in [0.25, 0.3) is 0 Å². The summed E-state index contributed by atoms with van der Waals surface area (Å²) in [5.41, 5.74) is 0. The fourth-order valence-corrected chi connectivity index (χ4v) is 4.04. The lowest BCUT2D eigenvalue weighted by Gasteiger charge is -2.21. The Balaban J connectivity index is 0.00000200. The van der Waals surface area contributed by atoms with Crippen LogP contribution in [0, 0.1) is 5.92 Å². The van der Waals surface area contributed by atoms with E-state index in [1.807, 2.05) is 0 Å². The van der Waals surface area contributed by atoms with Crippen molar-refractivity contribution < 1.29 is 0 Å². The average Bonchev–Trinajstić information content (AvgIpc) is 2.95. The van der Waals surface area contributed by atoms with Crippen molar-refractivity contribution >= 4 is 41.7 Å². The largest absolute Gasteiger partial charge is 0.357 e. The molecule has 3 atom stereocenters. The number of guanidine groups is 1. The molecule has 0 aromatic rings. The van der Waals surface area contributed by atoms with E-state index in [4.69, 9.17) is 4.99 Å². The van der Waals surface area contributed by atoms with Crippen LogP contribution in [0.2, 0.25) is 0 Å². The first-order valence-electron chi connectivity index (χ1n) is 7.85. The Morgan fingerprint density at radius 1 is 1.40 bits per heavy atom.